The molecule has 0 saturated carbocycles. The zero-order chi connectivity index (χ0) is 21.1. The van der Waals surface area contributed by atoms with E-state index in [1.54, 1.807) is 21.3 Å². The van der Waals surface area contributed by atoms with E-state index in [-0.39, 0.29) is 0 Å². The van der Waals surface area contributed by atoms with Crippen molar-refractivity contribution in [2.45, 2.75) is 30.0 Å². The van der Waals surface area contributed by atoms with Gasteiger partial charge in [0.2, 0.25) is 5.75 Å². The number of aryl methyl sites for hydroxylation is 1. The number of hydrogen-bond acceptors (Lipinski definition) is 6. The molecule has 1 atom stereocenters. The van der Waals surface area contributed by atoms with Crippen molar-refractivity contribution >= 4 is 28.8 Å². The summed E-state index contributed by atoms with van der Waals surface area (Å²) in [4.78, 5) is 5.25. The van der Waals surface area contributed by atoms with Crippen LogP contribution >= 0.6 is 23.1 Å². The zero-order valence-electron chi connectivity index (χ0n) is 17.8. The van der Waals surface area contributed by atoms with E-state index in [1.165, 1.54) is 26.6 Å². The van der Waals surface area contributed by atoms with Crippen LogP contribution < -0.4 is 19.1 Å². The van der Waals surface area contributed by atoms with Crippen LogP contribution in [0.1, 0.15) is 27.7 Å². The molecular weight excluding hydrogens is 414 g/mol. The van der Waals surface area contributed by atoms with E-state index in [4.69, 9.17) is 14.2 Å². The van der Waals surface area contributed by atoms with Crippen LogP contribution in [0.15, 0.2) is 52.7 Å². The van der Waals surface area contributed by atoms with Gasteiger partial charge in [0.25, 0.3) is 0 Å². The molecule has 158 valence electrons. The molecule has 0 saturated heterocycles. The van der Waals surface area contributed by atoms with Crippen molar-refractivity contribution in [1.29, 1.82) is 0 Å². The minimum atomic E-state index is 0.300. The number of benzene rings is 2. The van der Waals surface area contributed by atoms with Crippen LogP contribution in [0.3, 0.4) is 0 Å². The first-order valence-electron chi connectivity index (χ1n) is 9.98. The highest BCUT2D eigenvalue weighted by Crippen LogP contribution is 2.49. The Kier molecular flexibility index (Phi) is 6.44. The SMILES string of the molecule is COc1cc(C2CCN(Cc3sccc3C)c3ccccc3S2)cc(OC)c1OC. The van der Waals surface area contributed by atoms with Gasteiger partial charge in [-0.3, -0.25) is 0 Å². The zero-order valence-corrected chi connectivity index (χ0v) is 19.4. The number of hydrogen-bond donors (Lipinski definition) is 0. The quantitative estimate of drug-likeness (QED) is 0.446. The highest BCUT2D eigenvalue weighted by molar-refractivity contribution is 7.99. The first kappa shape index (κ1) is 20.9. The maximum atomic E-state index is 5.59. The third-order valence-corrected chi connectivity index (χ3v) is 7.90. The van der Waals surface area contributed by atoms with Crippen molar-refractivity contribution in [3.63, 3.8) is 0 Å². The van der Waals surface area contributed by atoms with Crippen molar-refractivity contribution in [2.75, 3.05) is 32.8 Å². The second-order valence-corrected chi connectivity index (χ2v) is 9.52. The van der Waals surface area contributed by atoms with Gasteiger partial charge in [0, 0.05) is 21.6 Å². The second-order valence-electron chi connectivity index (χ2n) is 7.27. The number of para-hydroxylation sites is 1. The molecule has 0 radical (unpaired) electrons. The van der Waals surface area contributed by atoms with Gasteiger partial charge in [0.15, 0.2) is 11.5 Å². The Hall–Kier alpha value is -2.31. The summed E-state index contributed by atoms with van der Waals surface area (Å²) < 4.78 is 16.7. The normalized spacial score (nSPS) is 16.0. The van der Waals surface area contributed by atoms with Gasteiger partial charge < -0.3 is 19.1 Å². The minimum Gasteiger partial charge on any atom is -0.493 e. The smallest absolute Gasteiger partial charge is 0.203 e. The Morgan fingerprint density at radius 2 is 1.73 bits per heavy atom. The van der Waals surface area contributed by atoms with Gasteiger partial charge in [0.1, 0.15) is 0 Å². The molecule has 0 N–H and O–H groups in total. The molecule has 30 heavy (non-hydrogen) atoms. The van der Waals surface area contributed by atoms with Crippen molar-refractivity contribution in [3.05, 3.63) is 63.8 Å². The molecule has 0 amide bonds. The third kappa shape index (κ3) is 4.12. The van der Waals surface area contributed by atoms with Gasteiger partial charge in [-0.2, -0.15) is 0 Å². The lowest BCUT2D eigenvalue weighted by Gasteiger charge is -2.24. The van der Waals surface area contributed by atoms with E-state index >= 15 is 0 Å². The first-order chi connectivity index (χ1) is 14.6. The Morgan fingerprint density at radius 3 is 2.37 bits per heavy atom. The third-order valence-electron chi connectivity index (χ3n) is 5.50. The molecule has 1 aliphatic rings. The molecule has 2 heterocycles. The summed E-state index contributed by atoms with van der Waals surface area (Å²) in [6, 6.07) is 15.1. The summed E-state index contributed by atoms with van der Waals surface area (Å²) >= 11 is 3.75. The maximum Gasteiger partial charge on any atom is 0.203 e. The van der Waals surface area contributed by atoms with E-state index in [9.17, 15) is 0 Å². The van der Waals surface area contributed by atoms with Gasteiger partial charge in [-0.15, -0.1) is 23.1 Å². The summed E-state index contributed by atoms with van der Waals surface area (Å²) in [5.41, 5.74) is 3.87. The number of anilines is 1. The number of thioether (sulfide) groups is 1. The number of fused-ring (bicyclic) bond motifs is 1. The molecule has 1 aliphatic heterocycles. The highest BCUT2D eigenvalue weighted by Gasteiger charge is 2.26. The van der Waals surface area contributed by atoms with Gasteiger partial charge in [-0.25, -0.2) is 0 Å². The van der Waals surface area contributed by atoms with E-state index < -0.39 is 0 Å². The van der Waals surface area contributed by atoms with Crippen molar-refractivity contribution in [2.24, 2.45) is 0 Å². The molecule has 0 aliphatic carbocycles. The van der Waals surface area contributed by atoms with E-state index in [2.05, 4.69) is 59.7 Å². The monoisotopic (exact) mass is 441 g/mol. The molecular formula is C24H27NO3S2. The van der Waals surface area contributed by atoms with Crippen molar-refractivity contribution < 1.29 is 14.2 Å². The van der Waals surface area contributed by atoms with E-state index in [0.717, 1.165) is 19.5 Å². The average molecular weight is 442 g/mol. The predicted molar refractivity (Wildman–Crippen MR) is 126 cm³/mol. The number of thiophene rings is 1. The van der Waals surface area contributed by atoms with Gasteiger partial charge in [0.05, 0.1) is 33.6 Å². The van der Waals surface area contributed by atoms with Crippen LogP contribution in [0.5, 0.6) is 17.2 Å². The lowest BCUT2D eigenvalue weighted by molar-refractivity contribution is 0.323. The maximum absolute atomic E-state index is 5.59. The number of rotatable bonds is 6. The fourth-order valence-electron chi connectivity index (χ4n) is 3.85. The molecule has 2 aromatic carbocycles. The summed E-state index contributed by atoms with van der Waals surface area (Å²) in [6.07, 6.45) is 1.03. The Balaban J connectivity index is 1.68. The molecule has 1 unspecified atom stereocenters. The summed E-state index contributed by atoms with van der Waals surface area (Å²) in [6.45, 7) is 4.13. The molecule has 4 nitrogen and oxygen atoms in total. The summed E-state index contributed by atoms with van der Waals surface area (Å²) in [7, 11) is 4.98. The lowest BCUT2D eigenvalue weighted by Crippen LogP contribution is -2.23. The largest absolute Gasteiger partial charge is 0.493 e. The molecule has 0 fully saturated rings. The van der Waals surface area contributed by atoms with Crippen LogP contribution in [0.25, 0.3) is 0 Å². The van der Waals surface area contributed by atoms with Crippen molar-refractivity contribution in [1.82, 2.24) is 0 Å². The number of ether oxygens (including phenoxy) is 3. The van der Waals surface area contributed by atoms with Crippen molar-refractivity contribution in [3.8, 4) is 17.2 Å². The fraction of sp³-hybridized carbons (Fsp3) is 0.333. The van der Waals surface area contributed by atoms with E-state index in [1.807, 2.05) is 23.1 Å². The molecule has 0 spiro atoms. The van der Waals surface area contributed by atoms with Crippen LogP contribution in [0, 0.1) is 6.92 Å². The fourth-order valence-corrected chi connectivity index (χ4v) is 6.05. The first-order valence-corrected chi connectivity index (χ1v) is 11.7. The Morgan fingerprint density at radius 1 is 1.00 bits per heavy atom. The molecule has 1 aromatic heterocycles. The van der Waals surface area contributed by atoms with E-state index in [0.29, 0.717) is 22.5 Å². The van der Waals surface area contributed by atoms with Crippen LogP contribution in [-0.4, -0.2) is 27.9 Å². The molecule has 6 heteroatoms. The van der Waals surface area contributed by atoms with Crippen LogP contribution in [0.2, 0.25) is 0 Å². The summed E-state index contributed by atoms with van der Waals surface area (Å²) in [5.74, 6) is 2.05. The topological polar surface area (TPSA) is 30.9 Å². The summed E-state index contributed by atoms with van der Waals surface area (Å²) in [5, 5.41) is 2.48. The molecule has 3 aromatic rings. The lowest BCUT2D eigenvalue weighted by atomic mass is 10.1. The van der Waals surface area contributed by atoms with Gasteiger partial charge in [-0.05, 0) is 60.2 Å². The van der Waals surface area contributed by atoms with Gasteiger partial charge >= 0.3 is 0 Å². The van der Waals surface area contributed by atoms with Gasteiger partial charge in [-0.1, -0.05) is 12.1 Å². The minimum absolute atomic E-state index is 0.300. The Bertz CT molecular complexity index is 992. The molecule has 4 rings (SSSR count). The highest BCUT2D eigenvalue weighted by atomic mass is 32.2. The second kappa shape index (κ2) is 9.23. The number of nitrogens with zero attached hydrogens (tertiary/aromatic N) is 1. The number of methoxy groups -OCH3 is 3. The Labute approximate surface area is 186 Å². The average Bonchev–Trinajstić information content (AvgIpc) is 3.09. The van der Waals surface area contributed by atoms with Crippen LogP contribution in [-0.2, 0) is 6.54 Å². The standard InChI is InChI=1S/C24H27NO3S2/c1-16-10-12-29-23(16)15-25-11-9-21(30-22-8-6-5-7-18(22)25)17-13-19(26-2)24(28-4)20(14-17)27-3/h5-8,10,12-14,21H,9,11,15H2,1-4H3. The van der Waals surface area contributed by atoms with Crippen LogP contribution in [0.4, 0.5) is 5.69 Å². The predicted octanol–water partition coefficient (Wildman–Crippen LogP) is 6.33. The molecule has 0 bridgehead atoms.